The molecular formula is C13H7FN2O2. The number of aromatic nitrogens is 1. The summed E-state index contributed by atoms with van der Waals surface area (Å²) in [6.45, 7) is 0. The van der Waals surface area contributed by atoms with E-state index < -0.39 is 11.8 Å². The molecule has 0 amide bonds. The number of benzene rings is 1. The van der Waals surface area contributed by atoms with Crippen molar-refractivity contribution in [2.45, 2.75) is 0 Å². The Balaban J connectivity index is 2.60. The number of nitrogens with zero attached hydrogens (tertiary/aromatic N) is 2. The van der Waals surface area contributed by atoms with Crippen LogP contribution in [0.15, 0.2) is 36.7 Å². The smallest absolute Gasteiger partial charge is 0.337 e. The van der Waals surface area contributed by atoms with Crippen molar-refractivity contribution < 1.29 is 14.3 Å². The third-order valence-corrected chi connectivity index (χ3v) is 2.45. The van der Waals surface area contributed by atoms with E-state index in [1.807, 2.05) is 0 Å². The van der Waals surface area contributed by atoms with E-state index in [-0.39, 0.29) is 11.1 Å². The Morgan fingerprint density at radius 1 is 1.39 bits per heavy atom. The fraction of sp³-hybridized carbons (Fsp3) is 0. The average Bonchev–Trinajstić information content (AvgIpc) is 2.38. The lowest BCUT2D eigenvalue weighted by atomic mass is 10.0. The van der Waals surface area contributed by atoms with Gasteiger partial charge in [0, 0.05) is 12.4 Å². The number of hydrogen-bond donors (Lipinski definition) is 1. The van der Waals surface area contributed by atoms with Gasteiger partial charge in [0.25, 0.3) is 0 Å². The Bertz CT molecular complexity index is 662. The average molecular weight is 242 g/mol. The summed E-state index contributed by atoms with van der Waals surface area (Å²) in [6, 6.07) is 7.16. The molecule has 4 nitrogen and oxygen atoms in total. The predicted molar refractivity (Wildman–Crippen MR) is 61.3 cm³/mol. The summed E-state index contributed by atoms with van der Waals surface area (Å²) in [6.07, 6.45) is 2.63. The number of aromatic carboxylic acids is 1. The van der Waals surface area contributed by atoms with Crippen LogP contribution >= 0.6 is 0 Å². The zero-order chi connectivity index (χ0) is 13.1. The number of carboxylic acid groups (broad SMARTS) is 1. The van der Waals surface area contributed by atoms with Crippen LogP contribution in [0.25, 0.3) is 11.1 Å². The van der Waals surface area contributed by atoms with Crippen LogP contribution in [0.2, 0.25) is 0 Å². The quantitative estimate of drug-likeness (QED) is 0.877. The topological polar surface area (TPSA) is 74.0 Å². The second-order valence-corrected chi connectivity index (χ2v) is 3.53. The number of halogens is 1. The van der Waals surface area contributed by atoms with Crippen LogP contribution in [0, 0.1) is 17.1 Å². The van der Waals surface area contributed by atoms with Gasteiger partial charge in [-0.1, -0.05) is 6.07 Å². The minimum absolute atomic E-state index is 0.0124. The number of nitriles is 1. The minimum atomic E-state index is -1.14. The van der Waals surface area contributed by atoms with Gasteiger partial charge in [-0.15, -0.1) is 0 Å². The van der Waals surface area contributed by atoms with Crippen molar-refractivity contribution in [2.24, 2.45) is 0 Å². The minimum Gasteiger partial charge on any atom is -0.478 e. The van der Waals surface area contributed by atoms with Crippen molar-refractivity contribution in [3.63, 3.8) is 0 Å². The highest BCUT2D eigenvalue weighted by molar-refractivity contribution is 5.95. The molecule has 18 heavy (non-hydrogen) atoms. The first kappa shape index (κ1) is 11.7. The fourth-order valence-corrected chi connectivity index (χ4v) is 1.59. The second kappa shape index (κ2) is 4.63. The summed E-state index contributed by atoms with van der Waals surface area (Å²) >= 11 is 0. The number of hydrogen-bond acceptors (Lipinski definition) is 3. The summed E-state index contributed by atoms with van der Waals surface area (Å²) in [7, 11) is 0. The zero-order valence-corrected chi connectivity index (χ0v) is 9.09. The molecule has 1 aromatic carbocycles. The number of rotatable bonds is 2. The van der Waals surface area contributed by atoms with Crippen LogP contribution in [-0.4, -0.2) is 16.1 Å². The molecule has 0 fully saturated rings. The van der Waals surface area contributed by atoms with E-state index in [1.165, 1.54) is 30.6 Å². The highest BCUT2D eigenvalue weighted by Crippen LogP contribution is 2.24. The standard InChI is InChI=1S/C13H7FN2O2/c14-12-5-8(1-2-9(12)6-15)10-3-4-16-7-11(10)13(17)18/h1-5,7H,(H,17,18). The van der Waals surface area contributed by atoms with Crippen LogP contribution in [-0.2, 0) is 0 Å². The first-order valence-electron chi connectivity index (χ1n) is 5.01. The van der Waals surface area contributed by atoms with Gasteiger partial charge in [0.05, 0.1) is 11.1 Å². The zero-order valence-electron chi connectivity index (χ0n) is 9.09. The maximum atomic E-state index is 13.5. The molecule has 0 unspecified atom stereocenters. The van der Waals surface area contributed by atoms with E-state index >= 15 is 0 Å². The molecule has 2 aromatic rings. The molecule has 2 rings (SSSR count). The van der Waals surface area contributed by atoms with E-state index in [0.29, 0.717) is 11.1 Å². The summed E-state index contributed by atoms with van der Waals surface area (Å²) in [5.41, 5.74) is 0.665. The summed E-state index contributed by atoms with van der Waals surface area (Å²) in [5, 5.41) is 17.6. The van der Waals surface area contributed by atoms with Crippen molar-refractivity contribution in [2.75, 3.05) is 0 Å². The van der Waals surface area contributed by atoms with Gasteiger partial charge < -0.3 is 5.11 Å². The van der Waals surface area contributed by atoms with Crippen LogP contribution in [0.4, 0.5) is 4.39 Å². The van der Waals surface area contributed by atoms with E-state index in [9.17, 15) is 9.18 Å². The fourth-order valence-electron chi connectivity index (χ4n) is 1.59. The van der Waals surface area contributed by atoms with Crippen molar-refractivity contribution in [3.8, 4) is 17.2 Å². The van der Waals surface area contributed by atoms with Crippen LogP contribution in [0.3, 0.4) is 0 Å². The lowest BCUT2D eigenvalue weighted by Gasteiger charge is -2.06. The van der Waals surface area contributed by atoms with Gasteiger partial charge in [0.1, 0.15) is 11.9 Å². The van der Waals surface area contributed by atoms with Crippen LogP contribution in [0.1, 0.15) is 15.9 Å². The van der Waals surface area contributed by atoms with Gasteiger partial charge in [0.2, 0.25) is 0 Å². The van der Waals surface area contributed by atoms with Crippen molar-refractivity contribution in [3.05, 3.63) is 53.6 Å². The lowest BCUT2D eigenvalue weighted by molar-refractivity contribution is 0.0697. The third-order valence-electron chi connectivity index (χ3n) is 2.45. The van der Waals surface area contributed by atoms with Crippen molar-refractivity contribution in [1.82, 2.24) is 4.98 Å². The Hall–Kier alpha value is -2.74. The van der Waals surface area contributed by atoms with E-state index in [4.69, 9.17) is 10.4 Å². The first-order chi connectivity index (χ1) is 8.63. The first-order valence-corrected chi connectivity index (χ1v) is 5.01. The largest absolute Gasteiger partial charge is 0.478 e. The Labute approximate surface area is 102 Å². The Morgan fingerprint density at radius 3 is 2.78 bits per heavy atom. The van der Waals surface area contributed by atoms with Gasteiger partial charge in [-0.25, -0.2) is 9.18 Å². The molecule has 0 aliphatic rings. The molecule has 88 valence electrons. The Kier molecular flexibility index (Phi) is 3.02. The molecule has 1 heterocycles. The summed E-state index contributed by atoms with van der Waals surface area (Å²) in [4.78, 5) is 14.7. The summed E-state index contributed by atoms with van der Waals surface area (Å²) in [5.74, 6) is -1.81. The highest BCUT2D eigenvalue weighted by atomic mass is 19.1. The molecular weight excluding hydrogens is 235 g/mol. The lowest BCUT2D eigenvalue weighted by Crippen LogP contribution is -2.00. The number of carboxylic acids is 1. The molecule has 0 aliphatic heterocycles. The molecule has 5 heteroatoms. The van der Waals surface area contributed by atoms with Gasteiger partial charge in [0.15, 0.2) is 0 Å². The van der Waals surface area contributed by atoms with Gasteiger partial charge in [-0.3, -0.25) is 4.98 Å². The maximum Gasteiger partial charge on any atom is 0.337 e. The number of pyridine rings is 1. The van der Waals surface area contributed by atoms with Crippen molar-refractivity contribution >= 4 is 5.97 Å². The molecule has 0 spiro atoms. The van der Waals surface area contributed by atoms with Crippen LogP contribution in [0.5, 0.6) is 0 Å². The second-order valence-electron chi connectivity index (χ2n) is 3.53. The van der Waals surface area contributed by atoms with Gasteiger partial charge in [-0.2, -0.15) is 5.26 Å². The molecule has 0 atom stereocenters. The van der Waals surface area contributed by atoms with E-state index in [1.54, 1.807) is 6.07 Å². The van der Waals surface area contributed by atoms with Crippen LogP contribution < -0.4 is 0 Å². The van der Waals surface area contributed by atoms with Gasteiger partial charge >= 0.3 is 5.97 Å². The molecule has 0 bridgehead atoms. The molecule has 1 aromatic heterocycles. The SMILES string of the molecule is N#Cc1ccc(-c2ccncc2C(=O)O)cc1F. The maximum absolute atomic E-state index is 13.5. The van der Waals surface area contributed by atoms with Crippen molar-refractivity contribution in [1.29, 1.82) is 5.26 Å². The highest BCUT2D eigenvalue weighted by Gasteiger charge is 2.13. The van der Waals surface area contributed by atoms with E-state index in [0.717, 1.165) is 6.07 Å². The third kappa shape index (κ3) is 2.04. The normalized spacial score (nSPS) is 9.78. The molecule has 0 saturated carbocycles. The summed E-state index contributed by atoms with van der Waals surface area (Å²) < 4.78 is 13.5. The Morgan fingerprint density at radius 2 is 2.17 bits per heavy atom. The van der Waals surface area contributed by atoms with E-state index in [2.05, 4.69) is 4.98 Å². The number of carbonyl (C=O) groups is 1. The molecule has 0 aliphatic carbocycles. The monoisotopic (exact) mass is 242 g/mol. The molecule has 0 saturated heterocycles. The van der Waals surface area contributed by atoms with Gasteiger partial charge in [-0.05, 0) is 29.3 Å². The molecule has 1 N–H and O–H groups in total. The predicted octanol–water partition coefficient (Wildman–Crippen LogP) is 2.46. The molecule has 0 radical (unpaired) electrons.